The van der Waals surface area contributed by atoms with Gasteiger partial charge in [-0.1, -0.05) is 26.0 Å². The van der Waals surface area contributed by atoms with Crippen LogP contribution in [0.1, 0.15) is 38.3 Å². The summed E-state index contributed by atoms with van der Waals surface area (Å²) in [6, 6.07) is 7.89. The molecule has 2 unspecified atom stereocenters. The zero-order chi connectivity index (χ0) is 16.8. The van der Waals surface area contributed by atoms with Crippen LogP contribution in [0.2, 0.25) is 0 Å². The number of para-hydroxylation sites is 2. The average molecular weight is 335 g/mol. The van der Waals surface area contributed by atoms with Gasteiger partial charge < -0.3 is 15.4 Å². The van der Waals surface area contributed by atoms with E-state index in [1.807, 2.05) is 31.2 Å². The number of carbonyl (C=O) groups excluding carboxylic acids is 1. The number of benzene rings is 1. The minimum atomic E-state index is -0.475. The van der Waals surface area contributed by atoms with E-state index in [4.69, 9.17) is 0 Å². The molecule has 0 aliphatic carbocycles. The van der Waals surface area contributed by atoms with Gasteiger partial charge in [-0.05, 0) is 31.4 Å². The monoisotopic (exact) mass is 335 g/mol. The van der Waals surface area contributed by atoms with E-state index in [-0.39, 0.29) is 11.2 Å². The Hall–Kier alpha value is -1.53. The molecule has 3 N–H and O–H groups in total. The van der Waals surface area contributed by atoms with Crippen LogP contribution in [0.4, 0.5) is 0 Å². The smallest absolute Gasteiger partial charge is 0.230 e. The zero-order valence-corrected chi connectivity index (χ0v) is 14.7. The van der Waals surface area contributed by atoms with E-state index < -0.39 is 6.10 Å². The first-order chi connectivity index (χ1) is 11.0. The molecule has 0 fully saturated rings. The van der Waals surface area contributed by atoms with Gasteiger partial charge in [-0.2, -0.15) is 0 Å². The number of aliphatic hydroxyl groups excluding tert-OH is 1. The number of imidazole rings is 1. The lowest BCUT2D eigenvalue weighted by Crippen LogP contribution is -2.34. The highest BCUT2D eigenvalue weighted by molar-refractivity contribution is 8.00. The van der Waals surface area contributed by atoms with E-state index in [9.17, 15) is 9.90 Å². The number of rotatable bonds is 8. The maximum absolute atomic E-state index is 11.9. The second-order valence-corrected chi connectivity index (χ2v) is 7.51. The SMILES string of the molecule is CC(C)CC(O)CNC(=O)CSC(C)c1nc2ccccc2[nH]1. The second kappa shape index (κ2) is 8.36. The Morgan fingerprint density at radius 2 is 2.09 bits per heavy atom. The highest BCUT2D eigenvalue weighted by atomic mass is 32.2. The number of nitrogens with zero attached hydrogens (tertiary/aromatic N) is 1. The summed E-state index contributed by atoms with van der Waals surface area (Å²) in [6.07, 6.45) is 0.222. The van der Waals surface area contributed by atoms with Gasteiger partial charge in [-0.25, -0.2) is 4.98 Å². The minimum absolute atomic E-state index is 0.0548. The van der Waals surface area contributed by atoms with Crippen molar-refractivity contribution >= 4 is 28.7 Å². The first kappa shape index (κ1) is 17.8. The molecule has 0 saturated heterocycles. The van der Waals surface area contributed by atoms with Crippen molar-refractivity contribution < 1.29 is 9.90 Å². The molecule has 0 aliphatic heterocycles. The summed E-state index contributed by atoms with van der Waals surface area (Å²) in [5.41, 5.74) is 1.95. The molecular weight excluding hydrogens is 310 g/mol. The van der Waals surface area contributed by atoms with Gasteiger partial charge in [0.1, 0.15) is 5.82 Å². The summed E-state index contributed by atoms with van der Waals surface area (Å²) in [4.78, 5) is 19.7. The summed E-state index contributed by atoms with van der Waals surface area (Å²) in [6.45, 7) is 6.45. The molecule has 6 heteroatoms. The van der Waals surface area contributed by atoms with E-state index in [0.717, 1.165) is 16.9 Å². The predicted octanol–water partition coefficient (Wildman–Crippen LogP) is 2.88. The van der Waals surface area contributed by atoms with E-state index in [1.165, 1.54) is 11.8 Å². The van der Waals surface area contributed by atoms with Crippen LogP contribution in [0.3, 0.4) is 0 Å². The fourth-order valence-corrected chi connectivity index (χ4v) is 3.13. The quantitative estimate of drug-likeness (QED) is 0.693. The molecule has 0 radical (unpaired) electrons. The Kier molecular flexibility index (Phi) is 6.47. The number of H-pyrrole nitrogens is 1. The molecule has 2 atom stereocenters. The van der Waals surface area contributed by atoms with E-state index in [1.54, 1.807) is 0 Å². The summed E-state index contributed by atoms with van der Waals surface area (Å²) in [7, 11) is 0. The van der Waals surface area contributed by atoms with Crippen LogP contribution in [0.15, 0.2) is 24.3 Å². The maximum Gasteiger partial charge on any atom is 0.230 e. The number of thioether (sulfide) groups is 1. The molecule has 0 spiro atoms. The fourth-order valence-electron chi connectivity index (χ4n) is 2.35. The Morgan fingerprint density at radius 1 is 1.35 bits per heavy atom. The Labute approximate surface area is 141 Å². The lowest BCUT2D eigenvalue weighted by atomic mass is 10.1. The number of nitrogens with one attached hydrogen (secondary N) is 2. The predicted molar refractivity (Wildman–Crippen MR) is 95.4 cm³/mol. The van der Waals surface area contributed by atoms with Crippen molar-refractivity contribution in [2.24, 2.45) is 5.92 Å². The molecule has 2 rings (SSSR count). The van der Waals surface area contributed by atoms with Crippen LogP contribution in [-0.2, 0) is 4.79 Å². The standard InChI is InChI=1S/C17H25N3O2S/c1-11(2)8-13(21)9-18-16(22)10-23-12(3)17-19-14-6-4-5-7-15(14)20-17/h4-7,11-13,21H,8-10H2,1-3H3,(H,18,22)(H,19,20). The summed E-state index contributed by atoms with van der Waals surface area (Å²) < 4.78 is 0. The zero-order valence-electron chi connectivity index (χ0n) is 13.9. The normalized spacial score (nSPS) is 14.1. The molecule has 1 heterocycles. The maximum atomic E-state index is 11.9. The van der Waals surface area contributed by atoms with Crippen LogP contribution < -0.4 is 5.32 Å². The van der Waals surface area contributed by atoms with Crippen molar-refractivity contribution in [2.75, 3.05) is 12.3 Å². The van der Waals surface area contributed by atoms with E-state index >= 15 is 0 Å². The van der Waals surface area contributed by atoms with Crippen LogP contribution in [0.5, 0.6) is 0 Å². The third-order valence-corrected chi connectivity index (χ3v) is 4.69. The third-order valence-electron chi connectivity index (χ3n) is 3.54. The molecule has 1 amide bonds. The van der Waals surface area contributed by atoms with E-state index in [0.29, 0.717) is 24.6 Å². The van der Waals surface area contributed by atoms with Crippen molar-refractivity contribution in [3.8, 4) is 0 Å². The lowest BCUT2D eigenvalue weighted by molar-refractivity contribution is -0.119. The molecular formula is C17H25N3O2S. The molecule has 0 bridgehead atoms. The minimum Gasteiger partial charge on any atom is -0.391 e. The largest absolute Gasteiger partial charge is 0.391 e. The van der Waals surface area contributed by atoms with Gasteiger partial charge in [-0.3, -0.25) is 4.79 Å². The molecule has 0 saturated carbocycles. The Bertz CT molecular complexity index is 609. The van der Waals surface area contributed by atoms with Crippen molar-refractivity contribution in [2.45, 2.75) is 38.5 Å². The van der Waals surface area contributed by atoms with Gasteiger partial charge >= 0.3 is 0 Å². The summed E-state index contributed by atoms with van der Waals surface area (Å²) in [5, 5.41) is 12.7. The van der Waals surface area contributed by atoms with Gasteiger partial charge in [0.15, 0.2) is 0 Å². The van der Waals surface area contributed by atoms with Crippen molar-refractivity contribution in [1.82, 2.24) is 15.3 Å². The van der Waals surface area contributed by atoms with Gasteiger partial charge in [0, 0.05) is 6.54 Å². The number of carbonyl (C=O) groups is 1. The highest BCUT2D eigenvalue weighted by Crippen LogP contribution is 2.27. The number of aliphatic hydroxyl groups is 1. The van der Waals surface area contributed by atoms with Crippen molar-refractivity contribution in [3.05, 3.63) is 30.1 Å². The number of fused-ring (bicyclic) bond motifs is 1. The molecule has 23 heavy (non-hydrogen) atoms. The van der Waals surface area contributed by atoms with Crippen LogP contribution in [-0.4, -0.2) is 39.4 Å². The Morgan fingerprint density at radius 3 is 2.78 bits per heavy atom. The lowest BCUT2D eigenvalue weighted by Gasteiger charge is -2.14. The summed E-state index contributed by atoms with van der Waals surface area (Å²) >= 11 is 1.53. The molecule has 2 aromatic rings. The van der Waals surface area contributed by atoms with Gasteiger partial charge in [0.2, 0.25) is 5.91 Å². The topological polar surface area (TPSA) is 78.0 Å². The van der Waals surface area contributed by atoms with Crippen LogP contribution >= 0.6 is 11.8 Å². The van der Waals surface area contributed by atoms with E-state index in [2.05, 4.69) is 29.1 Å². The molecule has 0 aliphatic rings. The van der Waals surface area contributed by atoms with Crippen LogP contribution in [0, 0.1) is 5.92 Å². The number of amides is 1. The summed E-state index contributed by atoms with van der Waals surface area (Å²) in [5.74, 6) is 1.60. The van der Waals surface area contributed by atoms with Crippen molar-refractivity contribution in [1.29, 1.82) is 0 Å². The Balaban J connectivity index is 1.77. The number of aromatic amines is 1. The number of hydrogen-bond donors (Lipinski definition) is 3. The molecule has 1 aromatic carbocycles. The third kappa shape index (κ3) is 5.55. The first-order valence-electron chi connectivity index (χ1n) is 7.96. The highest BCUT2D eigenvalue weighted by Gasteiger charge is 2.14. The molecule has 1 aromatic heterocycles. The molecule has 5 nitrogen and oxygen atoms in total. The number of aromatic nitrogens is 2. The van der Waals surface area contributed by atoms with Gasteiger partial charge in [0.05, 0.1) is 28.1 Å². The van der Waals surface area contributed by atoms with Gasteiger partial charge in [-0.15, -0.1) is 11.8 Å². The first-order valence-corrected chi connectivity index (χ1v) is 9.01. The number of hydrogen-bond acceptors (Lipinski definition) is 4. The fraction of sp³-hybridized carbons (Fsp3) is 0.529. The second-order valence-electron chi connectivity index (χ2n) is 6.18. The van der Waals surface area contributed by atoms with Crippen LogP contribution in [0.25, 0.3) is 11.0 Å². The average Bonchev–Trinajstić information content (AvgIpc) is 2.94. The van der Waals surface area contributed by atoms with Crippen molar-refractivity contribution in [3.63, 3.8) is 0 Å². The molecule has 126 valence electrons. The van der Waals surface area contributed by atoms with Gasteiger partial charge in [0.25, 0.3) is 0 Å².